The molecule has 0 saturated carbocycles. The van der Waals surface area contributed by atoms with Crippen LogP contribution in [-0.4, -0.2) is 43.2 Å². The van der Waals surface area contributed by atoms with Crippen molar-refractivity contribution in [2.75, 3.05) is 11.9 Å². The van der Waals surface area contributed by atoms with Gasteiger partial charge in [0.05, 0.1) is 19.0 Å². The van der Waals surface area contributed by atoms with Gasteiger partial charge in [-0.3, -0.25) is 9.36 Å². The van der Waals surface area contributed by atoms with E-state index in [0.29, 0.717) is 16.7 Å². The molecule has 1 fully saturated rings. The molecule has 1 saturated heterocycles. The topological polar surface area (TPSA) is 102 Å². The lowest BCUT2D eigenvalue weighted by molar-refractivity contribution is -0.0207. The van der Waals surface area contributed by atoms with Gasteiger partial charge >= 0.3 is 0 Å². The first-order valence-electron chi connectivity index (χ1n) is 8.18. The van der Waals surface area contributed by atoms with Crippen molar-refractivity contribution in [3.63, 3.8) is 0 Å². The number of benzene rings is 1. The Hall–Kier alpha value is -2.55. The first-order valence-corrected chi connectivity index (χ1v) is 8.56. The average Bonchev–Trinajstić information content (AvgIpc) is 3.28. The van der Waals surface area contributed by atoms with Crippen molar-refractivity contribution >= 4 is 34.5 Å². The Balaban J connectivity index is 1.67. The Morgan fingerprint density at radius 3 is 2.85 bits per heavy atom. The maximum absolute atomic E-state index is 12.4. The van der Waals surface area contributed by atoms with Gasteiger partial charge in [0.2, 0.25) is 5.28 Å². The highest BCUT2D eigenvalue weighted by Gasteiger charge is 2.28. The Kier molecular flexibility index (Phi) is 4.54. The summed E-state index contributed by atoms with van der Waals surface area (Å²) in [6.07, 6.45) is 2.56. The third kappa shape index (κ3) is 3.14. The minimum absolute atomic E-state index is 0.000633. The number of nitrogens with zero attached hydrogens (tertiary/aromatic N) is 4. The number of fused-ring (bicyclic) bond motifs is 1. The summed E-state index contributed by atoms with van der Waals surface area (Å²) in [5.74, 6) is -0.0713. The number of anilines is 1. The molecule has 2 aromatic heterocycles. The number of nitrogens with one attached hydrogen (secondary N) is 1. The molecule has 2 unspecified atom stereocenters. The maximum atomic E-state index is 12.4. The van der Waals surface area contributed by atoms with Gasteiger partial charge in [-0.2, -0.15) is 9.97 Å². The largest absolute Gasteiger partial charge is 0.394 e. The summed E-state index contributed by atoms with van der Waals surface area (Å²) in [5, 5.41) is 12.0. The number of carbonyl (C=O) groups excluding carboxylic acids is 1. The van der Waals surface area contributed by atoms with Gasteiger partial charge in [-0.05, 0) is 36.6 Å². The van der Waals surface area contributed by atoms with Gasteiger partial charge < -0.3 is 15.2 Å². The van der Waals surface area contributed by atoms with Crippen molar-refractivity contribution in [3.05, 3.63) is 47.5 Å². The van der Waals surface area contributed by atoms with Crippen LogP contribution in [0.3, 0.4) is 0 Å². The van der Waals surface area contributed by atoms with Gasteiger partial charge in [0.1, 0.15) is 6.23 Å². The number of hydrogen-bond acceptors (Lipinski definition) is 6. The summed E-state index contributed by atoms with van der Waals surface area (Å²) in [6, 6.07) is 8.80. The van der Waals surface area contributed by atoms with Crippen LogP contribution in [0, 0.1) is 0 Å². The van der Waals surface area contributed by atoms with Gasteiger partial charge in [0.25, 0.3) is 5.91 Å². The molecule has 0 aliphatic carbocycles. The third-order valence-corrected chi connectivity index (χ3v) is 4.43. The van der Waals surface area contributed by atoms with E-state index in [1.54, 1.807) is 35.2 Å². The summed E-state index contributed by atoms with van der Waals surface area (Å²) < 4.78 is 7.52. The molecule has 1 aromatic carbocycles. The smallest absolute Gasteiger partial charge is 0.256 e. The summed E-state index contributed by atoms with van der Waals surface area (Å²) in [4.78, 5) is 25.1. The second-order valence-corrected chi connectivity index (χ2v) is 6.30. The van der Waals surface area contributed by atoms with Crippen LogP contribution in [0.1, 0.15) is 29.4 Å². The molecule has 2 atom stereocenters. The van der Waals surface area contributed by atoms with Crippen molar-refractivity contribution in [1.29, 1.82) is 0 Å². The molecule has 3 aromatic rings. The summed E-state index contributed by atoms with van der Waals surface area (Å²) >= 11 is 6.05. The van der Waals surface area contributed by atoms with Crippen LogP contribution in [0.25, 0.3) is 11.2 Å². The van der Waals surface area contributed by atoms with Gasteiger partial charge in [-0.1, -0.05) is 18.2 Å². The first-order chi connectivity index (χ1) is 12.7. The number of hydrogen-bond donors (Lipinski definition) is 2. The van der Waals surface area contributed by atoms with E-state index in [1.807, 2.05) is 6.07 Å². The standard InChI is InChI=1S/C17H16ClN5O3/c18-17-21-14(20-16(25)10-4-2-1-3-5-10)13-15(22-17)23(9-19-13)12-7-6-11(8-24)26-12/h1-5,9,11-12,24H,6-8H2,(H,20,21,22,25). The molecule has 0 radical (unpaired) electrons. The fraction of sp³-hybridized carbons (Fsp3) is 0.294. The van der Waals surface area contributed by atoms with Crippen molar-refractivity contribution < 1.29 is 14.6 Å². The number of carbonyl (C=O) groups is 1. The zero-order chi connectivity index (χ0) is 18.1. The molecule has 1 aliphatic rings. The molecule has 0 bridgehead atoms. The SMILES string of the molecule is O=C(Nc1nc(Cl)nc2c1ncn2C1CCC(CO)O1)c1ccccc1. The molecule has 1 amide bonds. The van der Waals surface area contributed by atoms with E-state index in [2.05, 4.69) is 20.3 Å². The number of rotatable bonds is 4. The van der Waals surface area contributed by atoms with Crippen molar-refractivity contribution in [2.45, 2.75) is 25.2 Å². The lowest BCUT2D eigenvalue weighted by Crippen LogP contribution is -2.15. The van der Waals surface area contributed by atoms with E-state index >= 15 is 0 Å². The molecule has 4 rings (SSSR count). The second-order valence-electron chi connectivity index (χ2n) is 5.96. The zero-order valence-corrected chi connectivity index (χ0v) is 14.4. The van der Waals surface area contributed by atoms with Crippen LogP contribution in [0.4, 0.5) is 5.82 Å². The normalized spacial score (nSPS) is 19.8. The third-order valence-electron chi connectivity index (χ3n) is 4.26. The molecule has 9 heteroatoms. The summed E-state index contributed by atoms with van der Waals surface area (Å²) in [7, 11) is 0. The van der Waals surface area contributed by atoms with E-state index in [0.717, 1.165) is 12.8 Å². The molecule has 2 N–H and O–H groups in total. The lowest BCUT2D eigenvalue weighted by atomic mass is 10.2. The van der Waals surface area contributed by atoms with E-state index < -0.39 is 0 Å². The van der Waals surface area contributed by atoms with Gasteiger partial charge in [-0.25, -0.2) is 4.98 Å². The van der Waals surface area contributed by atoms with E-state index in [4.69, 9.17) is 16.3 Å². The second kappa shape index (κ2) is 6.99. The highest BCUT2D eigenvalue weighted by atomic mass is 35.5. The predicted molar refractivity (Wildman–Crippen MR) is 95.0 cm³/mol. The Morgan fingerprint density at radius 1 is 1.31 bits per heavy atom. The highest BCUT2D eigenvalue weighted by Crippen LogP contribution is 2.31. The number of halogens is 1. The van der Waals surface area contributed by atoms with Gasteiger partial charge in [-0.15, -0.1) is 0 Å². The molecule has 1 aliphatic heterocycles. The molecule has 26 heavy (non-hydrogen) atoms. The molecule has 8 nitrogen and oxygen atoms in total. The van der Waals surface area contributed by atoms with Gasteiger partial charge in [0.15, 0.2) is 17.0 Å². The number of aliphatic hydroxyl groups is 1. The van der Waals surface area contributed by atoms with Crippen LogP contribution in [0.15, 0.2) is 36.7 Å². The summed E-state index contributed by atoms with van der Waals surface area (Å²) in [6.45, 7) is -0.0305. The molecule has 3 heterocycles. The van der Waals surface area contributed by atoms with Crippen LogP contribution < -0.4 is 5.32 Å². The average molecular weight is 374 g/mol. The fourth-order valence-corrected chi connectivity index (χ4v) is 3.15. The van der Waals surface area contributed by atoms with Crippen molar-refractivity contribution in [1.82, 2.24) is 19.5 Å². The summed E-state index contributed by atoms with van der Waals surface area (Å²) in [5.41, 5.74) is 1.39. The van der Waals surface area contributed by atoms with E-state index in [-0.39, 0.29) is 35.9 Å². The number of aliphatic hydroxyl groups excluding tert-OH is 1. The number of amides is 1. The van der Waals surface area contributed by atoms with Crippen molar-refractivity contribution in [3.8, 4) is 0 Å². The minimum atomic E-state index is -0.311. The van der Waals surface area contributed by atoms with Crippen LogP contribution in [0.5, 0.6) is 0 Å². The Bertz CT molecular complexity index is 946. The molecule has 134 valence electrons. The lowest BCUT2D eigenvalue weighted by Gasteiger charge is -2.14. The molecular weight excluding hydrogens is 358 g/mol. The maximum Gasteiger partial charge on any atom is 0.256 e. The van der Waals surface area contributed by atoms with Crippen LogP contribution in [-0.2, 0) is 4.74 Å². The van der Waals surface area contributed by atoms with Crippen LogP contribution >= 0.6 is 11.6 Å². The predicted octanol–water partition coefficient (Wildman–Crippen LogP) is 2.40. The first kappa shape index (κ1) is 16.9. The highest BCUT2D eigenvalue weighted by molar-refractivity contribution is 6.28. The van der Waals surface area contributed by atoms with E-state index in [1.165, 1.54) is 0 Å². The monoisotopic (exact) mass is 373 g/mol. The fourth-order valence-electron chi connectivity index (χ4n) is 2.98. The van der Waals surface area contributed by atoms with Crippen LogP contribution in [0.2, 0.25) is 5.28 Å². The Morgan fingerprint density at radius 2 is 2.12 bits per heavy atom. The van der Waals surface area contributed by atoms with Gasteiger partial charge in [0, 0.05) is 5.56 Å². The number of ether oxygens (including phenoxy) is 1. The Labute approximate surface area is 153 Å². The number of imidazole rings is 1. The molecule has 0 spiro atoms. The van der Waals surface area contributed by atoms with E-state index in [9.17, 15) is 9.90 Å². The zero-order valence-electron chi connectivity index (χ0n) is 13.7. The quantitative estimate of drug-likeness (QED) is 0.681. The number of aromatic nitrogens is 4. The van der Waals surface area contributed by atoms with Crippen molar-refractivity contribution in [2.24, 2.45) is 0 Å². The minimum Gasteiger partial charge on any atom is -0.394 e. The molecular formula is C17H16ClN5O3.